The van der Waals surface area contributed by atoms with Crippen LogP contribution >= 0.6 is 35.0 Å². The Bertz CT molecular complexity index is 455. The molecule has 106 valence electrons. The van der Waals surface area contributed by atoms with Gasteiger partial charge in [0.25, 0.3) is 0 Å². The molecular formula is C14H18Cl2FNS. The predicted molar refractivity (Wildman–Crippen MR) is 82.9 cm³/mol. The largest absolute Gasteiger partial charge is 0.307 e. The van der Waals surface area contributed by atoms with Gasteiger partial charge in [0.15, 0.2) is 0 Å². The van der Waals surface area contributed by atoms with E-state index in [2.05, 4.69) is 11.6 Å². The van der Waals surface area contributed by atoms with Gasteiger partial charge in [0, 0.05) is 27.9 Å². The molecule has 5 heteroatoms. The Balaban J connectivity index is 2.08. The summed E-state index contributed by atoms with van der Waals surface area (Å²) in [4.78, 5) is 0. The highest BCUT2D eigenvalue weighted by Gasteiger charge is 2.26. The van der Waals surface area contributed by atoms with Crippen molar-refractivity contribution in [3.05, 3.63) is 33.6 Å². The standard InChI is InChI=1S/C14H18Cl2FNS/c1-8(18-9-3-4-10(7-9)19-2)13-11(15)5-6-12(17)14(13)16/h5-6,8-10,18H,3-4,7H2,1-2H3. The van der Waals surface area contributed by atoms with Crippen molar-refractivity contribution in [2.45, 2.75) is 43.5 Å². The highest BCUT2D eigenvalue weighted by Crippen LogP contribution is 2.34. The summed E-state index contributed by atoms with van der Waals surface area (Å²) in [7, 11) is 0. The summed E-state index contributed by atoms with van der Waals surface area (Å²) in [6.45, 7) is 1.99. The summed E-state index contributed by atoms with van der Waals surface area (Å²) < 4.78 is 13.5. The van der Waals surface area contributed by atoms with Crippen molar-refractivity contribution < 1.29 is 4.39 Å². The lowest BCUT2D eigenvalue weighted by atomic mass is 10.1. The van der Waals surface area contributed by atoms with Crippen LogP contribution in [0.25, 0.3) is 0 Å². The van der Waals surface area contributed by atoms with Crippen LogP contribution < -0.4 is 5.32 Å². The maximum atomic E-state index is 13.5. The summed E-state index contributed by atoms with van der Waals surface area (Å²) in [6.07, 6.45) is 5.68. The third-order valence-electron chi connectivity index (χ3n) is 3.72. The van der Waals surface area contributed by atoms with E-state index in [4.69, 9.17) is 23.2 Å². The number of thioether (sulfide) groups is 1. The molecule has 1 aliphatic rings. The molecule has 1 N–H and O–H groups in total. The highest BCUT2D eigenvalue weighted by atomic mass is 35.5. The smallest absolute Gasteiger partial charge is 0.142 e. The minimum atomic E-state index is -0.414. The highest BCUT2D eigenvalue weighted by molar-refractivity contribution is 7.99. The zero-order chi connectivity index (χ0) is 14.0. The summed E-state index contributed by atoms with van der Waals surface area (Å²) in [6, 6.07) is 3.29. The Kier molecular flexibility index (Phi) is 5.41. The Morgan fingerprint density at radius 2 is 2.11 bits per heavy atom. The molecule has 3 atom stereocenters. The van der Waals surface area contributed by atoms with Crippen LogP contribution in [0.4, 0.5) is 4.39 Å². The third kappa shape index (κ3) is 3.57. The summed E-state index contributed by atoms with van der Waals surface area (Å²) in [5.41, 5.74) is 0.663. The topological polar surface area (TPSA) is 12.0 Å². The lowest BCUT2D eigenvalue weighted by molar-refractivity contribution is 0.460. The van der Waals surface area contributed by atoms with E-state index < -0.39 is 5.82 Å². The molecule has 3 unspecified atom stereocenters. The van der Waals surface area contributed by atoms with Crippen LogP contribution in [0.1, 0.15) is 37.8 Å². The Labute approximate surface area is 128 Å². The van der Waals surface area contributed by atoms with Gasteiger partial charge in [-0.3, -0.25) is 0 Å². The van der Waals surface area contributed by atoms with Crippen molar-refractivity contribution in [3.8, 4) is 0 Å². The molecule has 1 fully saturated rings. The van der Waals surface area contributed by atoms with Gasteiger partial charge >= 0.3 is 0 Å². The lowest BCUT2D eigenvalue weighted by Crippen LogP contribution is -2.30. The molecule has 0 aromatic heterocycles. The average Bonchev–Trinajstić information content (AvgIpc) is 2.82. The molecule has 1 aromatic rings. The van der Waals surface area contributed by atoms with Gasteiger partial charge < -0.3 is 5.32 Å². The van der Waals surface area contributed by atoms with Gasteiger partial charge in [0.1, 0.15) is 5.82 Å². The monoisotopic (exact) mass is 321 g/mol. The molecule has 0 aliphatic heterocycles. The minimum Gasteiger partial charge on any atom is -0.307 e. The molecule has 0 amide bonds. The third-order valence-corrected chi connectivity index (χ3v) is 5.52. The molecule has 0 spiro atoms. The molecule has 1 nitrogen and oxygen atoms in total. The van der Waals surface area contributed by atoms with Crippen LogP contribution in [-0.2, 0) is 0 Å². The van der Waals surface area contributed by atoms with E-state index in [-0.39, 0.29) is 11.1 Å². The van der Waals surface area contributed by atoms with Crippen molar-refractivity contribution in [3.63, 3.8) is 0 Å². The molecule has 0 bridgehead atoms. The van der Waals surface area contributed by atoms with Gasteiger partial charge in [-0.25, -0.2) is 4.39 Å². The van der Waals surface area contributed by atoms with Crippen molar-refractivity contribution in [1.29, 1.82) is 0 Å². The number of benzene rings is 1. The lowest BCUT2D eigenvalue weighted by Gasteiger charge is -2.22. The first-order chi connectivity index (χ1) is 9.02. The Morgan fingerprint density at radius 3 is 2.74 bits per heavy atom. The van der Waals surface area contributed by atoms with Crippen molar-refractivity contribution >= 4 is 35.0 Å². The summed E-state index contributed by atoms with van der Waals surface area (Å²) in [5, 5.41) is 4.90. The molecule has 0 heterocycles. The van der Waals surface area contributed by atoms with Crippen molar-refractivity contribution in [2.75, 3.05) is 6.26 Å². The minimum absolute atomic E-state index is 0.0405. The number of nitrogens with one attached hydrogen (secondary N) is 1. The molecule has 2 rings (SSSR count). The Hall–Kier alpha value is 0.0400. The molecular weight excluding hydrogens is 304 g/mol. The van der Waals surface area contributed by atoms with Gasteiger partial charge in [0.2, 0.25) is 0 Å². The molecule has 1 saturated carbocycles. The SMILES string of the molecule is CSC1CCC(NC(C)c2c(Cl)ccc(F)c2Cl)C1. The molecule has 1 aliphatic carbocycles. The van der Waals surface area contributed by atoms with Crippen molar-refractivity contribution in [1.82, 2.24) is 5.32 Å². The van der Waals surface area contributed by atoms with Gasteiger partial charge in [-0.1, -0.05) is 23.2 Å². The van der Waals surface area contributed by atoms with Crippen LogP contribution in [0.15, 0.2) is 12.1 Å². The molecule has 0 saturated heterocycles. The van der Waals surface area contributed by atoms with Gasteiger partial charge in [-0.05, 0) is 44.6 Å². The van der Waals surface area contributed by atoms with E-state index in [0.29, 0.717) is 16.6 Å². The maximum absolute atomic E-state index is 13.5. The van der Waals surface area contributed by atoms with E-state index in [9.17, 15) is 4.39 Å². The second-order valence-corrected chi connectivity index (χ2v) is 6.94. The number of hydrogen-bond acceptors (Lipinski definition) is 2. The van der Waals surface area contributed by atoms with Gasteiger partial charge in [-0.2, -0.15) is 11.8 Å². The normalized spacial score (nSPS) is 24.7. The van der Waals surface area contributed by atoms with E-state index in [0.717, 1.165) is 18.1 Å². The first kappa shape index (κ1) is 15.4. The van der Waals surface area contributed by atoms with Crippen LogP contribution in [0.3, 0.4) is 0 Å². The number of halogens is 3. The molecule has 1 aromatic carbocycles. The second-order valence-electron chi connectivity index (χ2n) is 5.01. The first-order valence-electron chi connectivity index (χ1n) is 6.45. The zero-order valence-corrected chi connectivity index (χ0v) is 13.4. The molecule has 0 radical (unpaired) electrons. The van der Waals surface area contributed by atoms with E-state index in [1.165, 1.54) is 12.5 Å². The predicted octanol–water partition coefficient (Wildman–Crippen LogP) is 5.07. The van der Waals surface area contributed by atoms with Crippen LogP contribution in [0.5, 0.6) is 0 Å². The fourth-order valence-electron chi connectivity index (χ4n) is 2.68. The zero-order valence-electron chi connectivity index (χ0n) is 11.1. The van der Waals surface area contributed by atoms with Crippen molar-refractivity contribution in [2.24, 2.45) is 0 Å². The fourth-order valence-corrected chi connectivity index (χ4v) is 4.18. The summed E-state index contributed by atoms with van der Waals surface area (Å²) in [5.74, 6) is -0.414. The Morgan fingerprint density at radius 1 is 1.37 bits per heavy atom. The van der Waals surface area contributed by atoms with Crippen LogP contribution in [-0.4, -0.2) is 17.5 Å². The maximum Gasteiger partial charge on any atom is 0.142 e. The van der Waals surface area contributed by atoms with Gasteiger partial charge in [0.05, 0.1) is 5.02 Å². The van der Waals surface area contributed by atoms with E-state index in [1.807, 2.05) is 18.7 Å². The van der Waals surface area contributed by atoms with Gasteiger partial charge in [-0.15, -0.1) is 0 Å². The fraction of sp³-hybridized carbons (Fsp3) is 0.571. The second kappa shape index (κ2) is 6.66. The quantitative estimate of drug-likeness (QED) is 0.777. The van der Waals surface area contributed by atoms with Crippen LogP contribution in [0.2, 0.25) is 10.0 Å². The average molecular weight is 322 g/mol. The van der Waals surface area contributed by atoms with E-state index >= 15 is 0 Å². The number of hydrogen-bond donors (Lipinski definition) is 1. The first-order valence-corrected chi connectivity index (χ1v) is 8.49. The molecule has 19 heavy (non-hydrogen) atoms. The van der Waals surface area contributed by atoms with Crippen LogP contribution in [0, 0.1) is 5.82 Å². The summed E-state index contributed by atoms with van der Waals surface area (Å²) >= 11 is 14.1. The van der Waals surface area contributed by atoms with E-state index in [1.54, 1.807) is 6.07 Å². The number of rotatable bonds is 4.